The van der Waals surface area contributed by atoms with Gasteiger partial charge in [0, 0.05) is 25.4 Å². The summed E-state index contributed by atoms with van der Waals surface area (Å²) in [7, 11) is 1.79. The second-order valence-corrected chi connectivity index (χ2v) is 5.98. The lowest BCUT2D eigenvalue weighted by molar-refractivity contribution is -0.139. The zero-order valence-corrected chi connectivity index (χ0v) is 14.3. The average molecular weight is 344 g/mol. The van der Waals surface area contributed by atoms with Crippen LogP contribution in [0.4, 0.5) is 10.2 Å². The van der Waals surface area contributed by atoms with Gasteiger partial charge in [0.05, 0.1) is 19.6 Å². The SMILES string of the molecule is CNc1cc(C)nc(C2COCCN2C(=O)Cc2ccc(F)cc2)n1. The summed E-state index contributed by atoms with van der Waals surface area (Å²) in [5, 5.41) is 3.01. The Morgan fingerprint density at radius 3 is 2.84 bits per heavy atom. The van der Waals surface area contributed by atoms with Gasteiger partial charge in [-0.3, -0.25) is 4.79 Å². The normalized spacial score (nSPS) is 17.4. The summed E-state index contributed by atoms with van der Waals surface area (Å²) in [5.41, 5.74) is 1.60. The average Bonchev–Trinajstić information content (AvgIpc) is 2.63. The zero-order valence-electron chi connectivity index (χ0n) is 14.3. The molecule has 7 heteroatoms. The molecule has 132 valence electrons. The number of hydrogen-bond acceptors (Lipinski definition) is 5. The number of carbonyl (C=O) groups excluding carboxylic acids is 1. The molecular formula is C18H21FN4O2. The van der Waals surface area contributed by atoms with Crippen molar-refractivity contribution in [3.63, 3.8) is 0 Å². The lowest BCUT2D eigenvalue weighted by Gasteiger charge is -2.35. The molecule has 1 amide bonds. The molecule has 1 unspecified atom stereocenters. The maximum absolute atomic E-state index is 13.0. The van der Waals surface area contributed by atoms with Gasteiger partial charge in [0.15, 0.2) is 5.82 Å². The molecule has 1 N–H and O–H groups in total. The predicted octanol–water partition coefficient (Wildman–Crippen LogP) is 2.11. The van der Waals surface area contributed by atoms with Gasteiger partial charge in [-0.2, -0.15) is 0 Å². The largest absolute Gasteiger partial charge is 0.377 e. The van der Waals surface area contributed by atoms with Crippen LogP contribution in [0.3, 0.4) is 0 Å². The summed E-state index contributed by atoms with van der Waals surface area (Å²) < 4.78 is 18.6. The fourth-order valence-corrected chi connectivity index (χ4v) is 2.86. The van der Waals surface area contributed by atoms with Crippen LogP contribution in [0.15, 0.2) is 30.3 Å². The molecule has 2 heterocycles. The molecule has 1 aliphatic heterocycles. The van der Waals surface area contributed by atoms with Gasteiger partial charge in [0.2, 0.25) is 5.91 Å². The zero-order chi connectivity index (χ0) is 17.8. The first kappa shape index (κ1) is 17.3. The number of benzene rings is 1. The lowest BCUT2D eigenvalue weighted by Crippen LogP contribution is -2.44. The van der Waals surface area contributed by atoms with E-state index in [0.29, 0.717) is 31.4 Å². The van der Waals surface area contributed by atoms with E-state index in [4.69, 9.17) is 4.74 Å². The van der Waals surface area contributed by atoms with Gasteiger partial charge in [-0.1, -0.05) is 12.1 Å². The van der Waals surface area contributed by atoms with Crippen LogP contribution in [0.1, 0.15) is 23.1 Å². The Hall–Kier alpha value is -2.54. The minimum atomic E-state index is -0.325. The van der Waals surface area contributed by atoms with E-state index >= 15 is 0 Å². The molecule has 0 aliphatic carbocycles. The molecule has 3 rings (SSSR count). The van der Waals surface area contributed by atoms with Crippen molar-refractivity contribution >= 4 is 11.7 Å². The van der Waals surface area contributed by atoms with Crippen molar-refractivity contribution in [1.29, 1.82) is 0 Å². The Balaban J connectivity index is 1.81. The highest BCUT2D eigenvalue weighted by Gasteiger charge is 2.31. The Kier molecular flexibility index (Phi) is 5.23. The number of anilines is 1. The van der Waals surface area contributed by atoms with E-state index < -0.39 is 0 Å². The first-order valence-electron chi connectivity index (χ1n) is 8.22. The molecule has 0 radical (unpaired) electrons. The van der Waals surface area contributed by atoms with Crippen molar-refractivity contribution in [3.8, 4) is 0 Å². The third-order valence-corrected chi connectivity index (χ3v) is 4.14. The number of halogens is 1. The lowest BCUT2D eigenvalue weighted by atomic mass is 10.1. The molecule has 6 nitrogen and oxygen atoms in total. The molecule has 0 spiro atoms. The minimum Gasteiger partial charge on any atom is -0.377 e. The number of nitrogens with zero attached hydrogens (tertiary/aromatic N) is 3. The van der Waals surface area contributed by atoms with Crippen LogP contribution in [-0.4, -0.2) is 47.6 Å². The molecule has 1 aromatic heterocycles. The van der Waals surface area contributed by atoms with Crippen LogP contribution in [0.5, 0.6) is 0 Å². The summed E-state index contributed by atoms with van der Waals surface area (Å²) in [4.78, 5) is 23.5. The van der Waals surface area contributed by atoms with E-state index in [9.17, 15) is 9.18 Å². The fraction of sp³-hybridized carbons (Fsp3) is 0.389. The molecule has 1 fully saturated rings. The molecular weight excluding hydrogens is 323 g/mol. The highest BCUT2D eigenvalue weighted by atomic mass is 19.1. The van der Waals surface area contributed by atoms with Crippen LogP contribution in [0, 0.1) is 12.7 Å². The van der Waals surface area contributed by atoms with Crippen molar-refractivity contribution in [3.05, 3.63) is 53.2 Å². The van der Waals surface area contributed by atoms with E-state index in [-0.39, 0.29) is 24.2 Å². The van der Waals surface area contributed by atoms with Gasteiger partial charge >= 0.3 is 0 Å². The molecule has 1 aliphatic rings. The van der Waals surface area contributed by atoms with Gasteiger partial charge in [0.25, 0.3) is 0 Å². The topological polar surface area (TPSA) is 67.4 Å². The van der Waals surface area contributed by atoms with E-state index in [2.05, 4.69) is 15.3 Å². The van der Waals surface area contributed by atoms with Gasteiger partial charge < -0.3 is 15.0 Å². The van der Waals surface area contributed by atoms with Gasteiger partial charge in [-0.15, -0.1) is 0 Å². The fourth-order valence-electron chi connectivity index (χ4n) is 2.86. The second kappa shape index (κ2) is 7.57. The van der Waals surface area contributed by atoms with Gasteiger partial charge in [-0.25, -0.2) is 14.4 Å². The number of aromatic nitrogens is 2. The van der Waals surface area contributed by atoms with E-state index in [0.717, 1.165) is 11.3 Å². The maximum atomic E-state index is 13.0. The number of rotatable bonds is 4. The summed E-state index contributed by atoms with van der Waals surface area (Å²) >= 11 is 0. The Morgan fingerprint density at radius 2 is 2.12 bits per heavy atom. The third-order valence-electron chi connectivity index (χ3n) is 4.14. The molecule has 1 saturated heterocycles. The Labute approximate surface area is 146 Å². The molecule has 1 aromatic carbocycles. The molecule has 25 heavy (non-hydrogen) atoms. The first-order valence-corrected chi connectivity index (χ1v) is 8.22. The van der Waals surface area contributed by atoms with Crippen LogP contribution in [0.25, 0.3) is 0 Å². The number of aryl methyl sites for hydroxylation is 1. The third kappa shape index (κ3) is 4.11. The number of nitrogens with one attached hydrogen (secondary N) is 1. The molecule has 2 aromatic rings. The number of carbonyl (C=O) groups is 1. The van der Waals surface area contributed by atoms with Crippen LogP contribution in [-0.2, 0) is 16.0 Å². The maximum Gasteiger partial charge on any atom is 0.227 e. The minimum absolute atomic E-state index is 0.0454. The highest BCUT2D eigenvalue weighted by Crippen LogP contribution is 2.24. The molecule has 0 saturated carbocycles. The summed E-state index contributed by atoms with van der Waals surface area (Å²) in [6, 6.07) is 7.51. The van der Waals surface area contributed by atoms with Gasteiger partial charge in [-0.05, 0) is 24.6 Å². The van der Waals surface area contributed by atoms with Crippen LogP contribution >= 0.6 is 0 Å². The summed E-state index contributed by atoms with van der Waals surface area (Å²) in [6.07, 6.45) is 0.210. The van der Waals surface area contributed by atoms with E-state index in [1.165, 1.54) is 12.1 Å². The number of hydrogen-bond donors (Lipinski definition) is 1. The number of amides is 1. The molecule has 1 atom stereocenters. The second-order valence-electron chi connectivity index (χ2n) is 5.98. The van der Waals surface area contributed by atoms with E-state index in [1.807, 2.05) is 13.0 Å². The quantitative estimate of drug-likeness (QED) is 0.920. The van der Waals surface area contributed by atoms with Crippen molar-refractivity contribution in [2.45, 2.75) is 19.4 Å². The van der Waals surface area contributed by atoms with Gasteiger partial charge in [0.1, 0.15) is 17.7 Å². The Bertz CT molecular complexity index is 751. The van der Waals surface area contributed by atoms with E-state index in [1.54, 1.807) is 24.1 Å². The highest BCUT2D eigenvalue weighted by molar-refractivity contribution is 5.79. The van der Waals surface area contributed by atoms with Crippen molar-refractivity contribution in [2.75, 3.05) is 32.1 Å². The predicted molar refractivity (Wildman–Crippen MR) is 91.7 cm³/mol. The Morgan fingerprint density at radius 1 is 1.36 bits per heavy atom. The number of morpholine rings is 1. The smallest absolute Gasteiger partial charge is 0.227 e. The van der Waals surface area contributed by atoms with Crippen molar-refractivity contribution in [2.24, 2.45) is 0 Å². The van der Waals surface area contributed by atoms with Crippen molar-refractivity contribution in [1.82, 2.24) is 14.9 Å². The summed E-state index contributed by atoms with van der Waals surface area (Å²) in [5.74, 6) is 0.916. The standard InChI is InChI=1S/C18H21FN4O2/c1-12-9-16(20-2)22-18(21-12)15-11-25-8-7-23(15)17(24)10-13-3-5-14(19)6-4-13/h3-6,9,15H,7-8,10-11H2,1-2H3,(H,20,21,22). The van der Waals surface area contributed by atoms with Crippen LogP contribution in [0.2, 0.25) is 0 Å². The van der Waals surface area contributed by atoms with Crippen LogP contribution < -0.4 is 5.32 Å². The monoisotopic (exact) mass is 344 g/mol. The molecule has 0 bridgehead atoms. The van der Waals surface area contributed by atoms with Crippen molar-refractivity contribution < 1.29 is 13.9 Å². The first-order chi connectivity index (χ1) is 12.1. The number of ether oxygens (including phenoxy) is 1. The summed E-state index contributed by atoms with van der Waals surface area (Å²) in [6.45, 7) is 3.22.